The SMILES string of the molecule is C=CCOc1cccc(NC(=O)[C@H](C)Oc2cccc(C)c2)c1. The average Bonchev–Trinajstić information content (AvgIpc) is 2.53. The summed E-state index contributed by atoms with van der Waals surface area (Å²) in [6.07, 6.45) is 1.07. The van der Waals surface area contributed by atoms with Gasteiger partial charge >= 0.3 is 0 Å². The highest BCUT2D eigenvalue weighted by Gasteiger charge is 2.15. The number of carbonyl (C=O) groups is 1. The van der Waals surface area contributed by atoms with Crippen molar-refractivity contribution in [2.45, 2.75) is 20.0 Å². The Balaban J connectivity index is 1.96. The van der Waals surface area contributed by atoms with Crippen LogP contribution in [0.25, 0.3) is 0 Å². The van der Waals surface area contributed by atoms with E-state index in [0.717, 1.165) is 5.56 Å². The first kappa shape index (κ1) is 16.6. The number of hydrogen-bond donors (Lipinski definition) is 1. The molecule has 0 saturated heterocycles. The van der Waals surface area contributed by atoms with E-state index in [9.17, 15) is 4.79 Å². The highest BCUT2D eigenvalue weighted by atomic mass is 16.5. The summed E-state index contributed by atoms with van der Waals surface area (Å²) in [6, 6.07) is 14.8. The van der Waals surface area contributed by atoms with E-state index in [1.807, 2.05) is 43.3 Å². The molecule has 23 heavy (non-hydrogen) atoms. The third-order valence-corrected chi connectivity index (χ3v) is 3.14. The minimum Gasteiger partial charge on any atom is -0.489 e. The van der Waals surface area contributed by atoms with E-state index in [4.69, 9.17) is 9.47 Å². The van der Waals surface area contributed by atoms with Crippen molar-refractivity contribution >= 4 is 11.6 Å². The number of carbonyl (C=O) groups excluding carboxylic acids is 1. The molecule has 0 bridgehead atoms. The normalized spacial score (nSPS) is 11.4. The third-order valence-electron chi connectivity index (χ3n) is 3.14. The smallest absolute Gasteiger partial charge is 0.265 e. The number of aryl methyl sites for hydroxylation is 1. The molecule has 1 atom stereocenters. The molecular formula is C19H21NO3. The molecule has 4 heteroatoms. The molecule has 1 N–H and O–H groups in total. The molecule has 0 aliphatic heterocycles. The lowest BCUT2D eigenvalue weighted by Crippen LogP contribution is -2.30. The molecule has 2 aromatic carbocycles. The second-order valence-electron chi connectivity index (χ2n) is 5.19. The highest BCUT2D eigenvalue weighted by Crippen LogP contribution is 2.19. The van der Waals surface area contributed by atoms with Gasteiger partial charge in [0, 0.05) is 11.8 Å². The fourth-order valence-corrected chi connectivity index (χ4v) is 2.01. The summed E-state index contributed by atoms with van der Waals surface area (Å²) < 4.78 is 11.1. The summed E-state index contributed by atoms with van der Waals surface area (Å²) in [6.45, 7) is 7.72. The zero-order valence-corrected chi connectivity index (χ0v) is 13.4. The number of benzene rings is 2. The zero-order valence-electron chi connectivity index (χ0n) is 13.4. The fourth-order valence-electron chi connectivity index (χ4n) is 2.01. The second kappa shape index (κ2) is 8.03. The van der Waals surface area contributed by atoms with Gasteiger partial charge in [0.2, 0.25) is 0 Å². The molecule has 2 rings (SSSR count). The first-order valence-corrected chi connectivity index (χ1v) is 7.46. The Bertz CT molecular complexity index is 682. The Kier molecular flexibility index (Phi) is 5.80. The van der Waals surface area contributed by atoms with Gasteiger partial charge in [0.15, 0.2) is 6.10 Å². The predicted octanol–water partition coefficient (Wildman–Crippen LogP) is 3.97. The van der Waals surface area contributed by atoms with Crippen LogP contribution >= 0.6 is 0 Å². The van der Waals surface area contributed by atoms with Gasteiger partial charge in [-0.15, -0.1) is 0 Å². The van der Waals surface area contributed by atoms with Crippen molar-refractivity contribution in [3.63, 3.8) is 0 Å². The summed E-state index contributed by atoms with van der Waals surface area (Å²) in [5.74, 6) is 1.14. The van der Waals surface area contributed by atoms with Crippen LogP contribution in [0.2, 0.25) is 0 Å². The van der Waals surface area contributed by atoms with E-state index in [2.05, 4.69) is 11.9 Å². The Labute approximate surface area is 136 Å². The van der Waals surface area contributed by atoms with Crippen LogP contribution < -0.4 is 14.8 Å². The van der Waals surface area contributed by atoms with Gasteiger partial charge in [-0.05, 0) is 43.7 Å². The molecule has 2 aromatic rings. The molecule has 0 aromatic heterocycles. The van der Waals surface area contributed by atoms with E-state index in [-0.39, 0.29) is 5.91 Å². The summed E-state index contributed by atoms with van der Waals surface area (Å²) >= 11 is 0. The van der Waals surface area contributed by atoms with Crippen molar-refractivity contribution in [3.05, 3.63) is 66.7 Å². The Morgan fingerprint density at radius 1 is 1.22 bits per heavy atom. The van der Waals surface area contributed by atoms with E-state index < -0.39 is 6.10 Å². The maximum absolute atomic E-state index is 12.2. The molecule has 0 spiro atoms. The van der Waals surface area contributed by atoms with Crippen molar-refractivity contribution in [1.29, 1.82) is 0 Å². The quantitative estimate of drug-likeness (QED) is 0.787. The first-order chi connectivity index (χ1) is 11.1. The minimum atomic E-state index is -0.602. The van der Waals surface area contributed by atoms with Crippen LogP contribution in [0.15, 0.2) is 61.2 Å². The van der Waals surface area contributed by atoms with Crippen LogP contribution in [-0.4, -0.2) is 18.6 Å². The van der Waals surface area contributed by atoms with Crippen LogP contribution in [0.4, 0.5) is 5.69 Å². The summed E-state index contributed by atoms with van der Waals surface area (Å²) in [4.78, 5) is 12.2. The van der Waals surface area contributed by atoms with Gasteiger partial charge in [-0.25, -0.2) is 0 Å². The van der Waals surface area contributed by atoms with Gasteiger partial charge in [0.05, 0.1) is 0 Å². The van der Waals surface area contributed by atoms with E-state index in [1.165, 1.54) is 0 Å². The number of amides is 1. The lowest BCUT2D eigenvalue weighted by molar-refractivity contribution is -0.122. The Morgan fingerprint density at radius 3 is 2.70 bits per heavy atom. The second-order valence-corrected chi connectivity index (χ2v) is 5.19. The largest absolute Gasteiger partial charge is 0.489 e. The van der Waals surface area contributed by atoms with Crippen molar-refractivity contribution in [1.82, 2.24) is 0 Å². The van der Waals surface area contributed by atoms with Crippen LogP contribution in [0.1, 0.15) is 12.5 Å². The topological polar surface area (TPSA) is 47.6 Å². The molecule has 0 aliphatic rings. The van der Waals surface area contributed by atoms with Crippen molar-refractivity contribution < 1.29 is 14.3 Å². The lowest BCUT2D eigenvalue weighted by Gasteiger charge is -2.15. The predicted molar refractivity (Wildman–Crippen MR) is 92.0 cm³/mol. The van der Waals surface area contributed by atoms with Gasteiger partial charge in [-0.3, -0.25) is 4.79 Å². The number of anilines is 1. The summed E-state index contributed by atoms with van der Waals surface area (Å²) in [5, 5.41) is 2.82. The number of ether oxygens (including phenoxy) is 2. The molecule has 0 radical (unpaired) electrons. The Hall–Kier alpha value is -2.75. The molecular weight excluding hydrogens is 290 g/mol. The van der Waals surface area contributed by atoms with Crippen LogP contribution in [0, 0.1) is 6.92 Å². The Morgan fingerprint density at radius 2 is 1.96 bits per heavy atom. The highest BCUT2D eigenvalue weighted by molar-refractivity contribution is 5.94. The van der Waals surface area contributed by atoms with Crippen LogP contribution in [0.3, 0.4) is 0 Å². The van der Waals surface area contributed by atoms with E-state index in [0.29, 0.717) is 23.8 Å². The molecule has 0 heterocycles. The van der Waals surface area contributed by atoms with Gasteiger partial charge in [0.25, 0.3) is 5.91 Å². The maximum Gasteiger partial charge on any atom is 0.265 e. The standard InChI is InChI=1S/C19H21NO3/c1-4-11-22-17-9-6-8-16(13-17)20-19(21)15(3)23-18-10-5-7-14(2)12-18/h4-10,12-13,15H,1,11H2,2-3H3,(H,20,21)/t15-/m0/s1. The minimum absolute atomic E-state index is 0.215. The van der Waals surface area contributed by atoms with E-state index in [1.54, 1.807) is 25.1 Å². The molecule has 0 aliphatic carbocycles. The van der Waals surface area contributed by atoms with Gasteiger partial charge in [-0.2, -0.15) is 0 Å². The molecule has 0 fully saturated rings. The van der Waals surface area contributed by atoms with Crippen molar-refractivity contribution in [3.8, 4) is 11.5 Å². The summed E-state index contributed by atoms with van der Waals surface area (Å²) in [7, 11) is 0. The third kappa shape index (κ3) is 5.18. The molecule has 4 nitrogen and oxygen atoms in total. The molecule has 1 amide bonds. The van der Waals surface area contributed by atoms with Crippen molar-refractivity contribution in [2.75, 3.05) is 11.9 Å². The summed E-state index contributed by atoms with van der Waals surface area (Å²) in [5.41, 5.74) is 1.75. The molecule has 0 saturated carbocycles. The van der Waals surface area contributed by atoms with E-state index >= 15 is 0 Å². The van der Waals surface area contributed by atoms with Crippen LogP contribution in [0.5, 0.6) is 11.5 Å². The zero-order chi connectivity index (χ0) is 16.7. The fraction of sp³-hybridized carbons (Fsp3) is 0.211. The number of rotatable bonds is 7. The lowest BCUT2D eigenvalue weighted by atomic mass is 10.2. The van der Waals surface area contributed by atoms with Crippen molar-refractivity contribution in [2.24, 2.45) is 0 Å². The number of hydrogen-bond acceptors (Lipinski definition) is 3. The maximum atomic E-state index is 12.2. The van der Waals surface area contributed by atoms with Crippen LogP contribution in [-0.2, 0) is 4.79 Å². The van der Waals surface area contributed by atoms with Gasteiger partial charge in [0.1, 0.15) is 18.1 Å². The molecule has 0 unspecified atom stereocenters. The monoisotopic (exact) mass is 311 g/mol. The van der Waals surface area contributed by atoms with Gasteiger partial charge in [-0.1, -0.05) is 30.9 Å². The first-order valence-electron chi connectivity index (χ1n) is 7.46. The number of nitrogens with one attached hydrogen (secondary N) is 1. The molecule has 120 valence electrons. The van der Waals surface area contributed by atoms with Gasteiger partial charge < -0.3 is 14.8 Å². The average molecular weight is 311 g/mol.